The number of alkyl halides is 3. The third-order valence-electron chi connectivity index (χ3n) is 2.11. The number of para-hydroxylation sites is 1. The Hall–Kier alpha value is -1.81. The summed E-state index contributed by atoms with van der Waals surface area (Å²) in [7, 11) is -3.87. The van der Waals surface area contributed by atoms with Crippen molar-refractivity contribution in [3.8, 4) is 0 Å². The zero-order valence-corrected chi connectivity index (χ0v) is 11.7. The fraction of sp³-hybridized carbons (Fsp3) is 0.364. The number of ether oxygens (including phenoxy) is 1. The molecule has 0 heterocycles. The van der Waals surface area contributed by atoms with Gasteiger partial charge in [0.1, 0.15) is 4.90 Å². The molecule has 0 atom stereocenters. The highest BCUT2D eigenvalue weighted by molar-refractivity contribution is 7.89. The van der Waals surface area contributed by atoms with Crippen LogP contribution >= 0.6 is 0 Å². The molecule has 118 valence electrons. The van der Waals surface area contributed by atoms with Gasteiger partial charge in [0.2, 0.25) is 10.0 Å². The number of amides is 1. The van der Waals surface area contributed by atoms with E-state index < -0.39 is 28.9 Å². The van der Waals surface area contributed by atoms with Crippen molar-refractivity contribution in [3.05, 3.63) is 24.3 Å². The molecule has 10 heteroatoms. The molecule has 0 fully saturated rings. The predicted molar refractivity (Wildman–Crippen MR) is 68.3 cm³/mol. The number of halogens is 3. The SMILES string of the molecule is CCNS(=O)(=O)c1ccccc1NC(=O)OCC(F)(F)F. The second-order valence-electron chi connectivity index (χ2n) is 3.81. The van der Waals surface area contributed by atoms with E-state index in [-0.39, 0.29) is 17.1 Å². The average molecular weight is 326 g/mol. The van der Waals surface area contributed by atoms with Gasteiger partial charge in [0, 0.05) is 6.54 Å². The maximum atomic E-state index is 11.9. The van der Waals surface area contributed by atoms with Crippen LogP contribution in [0.4, 0.5) is 23.7 Å². The van der Waals surface area contributed by atoms with Crippen LogP contribution < -0.4 is 10.0 Å². The van der Waals surface area contributed by atoms with Crippen molar-refractivity contribution in [1.82, 2.24) is 4.72 Å². The molecule has 0 aliphatic rings. The van der Waals surface area contributed by atoms with Gasteiger partial charge in [0.15, 0.2) is 6.61 Å². The number of hydrogen-bond donors (Lipinski definition) is 2. The number of rotatable bonds is 5. The van der Waals surface area contributed by atoms with Crippen LogP contribution in [0.1, 0.15) is 6.92 Å². The molecule has 0 aromatic heterocycles. The van der Waals surface area contributed by atoms with Crippen LogP contribution in [0.3, 0.4) is 0 Å². The molecule has 0 aliphatic carbocycles. The van der Waals surface area contributed by atoms with E-state index in [9.17, 15) is 26.4 Å². The first-order valence-electron chi connectivity index (χ1n) is 5.75. The Morgan fingerprint density at radius 3 is 2.48 bits per heavy atom. The lowest BCUT2D eigenvalue weighted by molar-refractivity contribution is -0.159. The van der Waals surface area contributed by atoms with Gasteiger partial charge in [-0.1, -0.05) is 19.1 Å². The Labute approximate surface area is 119 Å². The Morgan fingerprint density at radius 1 is 1.29 bits per heavy atom. The molecule has 0 saturated heterocycles. The molecule has 0 radical (unpaired) electrons. The summed E-state index contributed by atoms with van der Waals surface area (Å²) in [6.07, 6.45) is -6.06. The van der Waals surface area contributed by atoms with Crippen LogP contribution in [0.5, 0.6) is 0 Å². The van der Waals surface area contributed by atoms with E-state index in [0.29, 0.717) is 0 Å². The lowest BCUT2D eigenvalue weighted by atomic mass is 10.3. The van der Waals surface area contributed by atoms with Crippen LogP contribution in [0.15, 0.2) is 29.2 Å². The summed E-state index contributed by atoms with van der Waals surface area (Å²) in [5.74, 6) is 0. The first-order chi connectivity index (χ1) is 9.65. The number of benzene rings is 1. The van der Waals surface area contributed by atoms with Gasteiger partial charge in [0.25, 0.3) is 0 Å². The minimum Gasteiger partial charge on any atom is -0.440 e. The third-order valence-corrected chi connectivity index (χ3v) is 3.72. The van der Waals surface area contributed by atoms with Gasteiger partial charge >= 0.3 is 12.3 Å². The molecule has 1 rings (SSSR count). The standard InChI is InChI=1S/C11H13F3N2O4S/c1-2-15-21(18,19)9-6-4-3-5-8(9)16-10(17)20-7-11(12,13)14/h3-6,15H,2,7H2,1H3,(H,16,17). The number of anilines is 1. The molecule has 0 bridgehead atoms. The zero-order chi connectivity index (χ0) is 16.1. The molecule has 1 aromatic rings. The average Bonchev–Trinajstić information content (AvgIpc) is 2.36. The Bertz CT molecular complexity index is 602. The van der Waals surface area contributed by atoms with Gasteiger partial charge in [-0.05, 0) is 12.1 Å². The maximum absolute atomic E-state index is 11.9. The highest BCUT2D eigenvalue weighted by Gasteiger charge is 2.30. The van der Waals surface area contributed by atoms with Gasteiger partial charge < -0.3 is 4.74 Å². The van der Waals surface area contributed by atoms with Gasteiger partial charge in [-0.3, -0.25) is 5.32 Å². The summed E-state index contributed by atoms with van der Waals surface area (Å²) in [5, 5.41) is 1.97. The molecule has 6 nitrogen and oxygen atoms in total. The van der Waals surface area contributed by atoms with E-state index in [2.05, 4.69) is 9.46 Å². The predicted octanol–water partition coefficient (Wildman–Crippen LogP) is 2.10. The summed E-state index contributed by atoms with van der Waals surface area (Å²) in [4.78, 5) is 11.0. The first kappa shape index (κ1) is 17.2. The highest BCUT2D eigenvalue weighted by Crippen LogP contribution is 2.21. The van der Waals surface area contributed by atoms with E-state index in [1.54, 1.807) is 6.92 Å². The van der Waals surface area contributed by atoms with E-state index in [1.165, 1.54) is 24.3 Å². The molecule has 1 aromatic carbocycles. The summed E-state index contributed by atoms with van der Waals surface area (Å²) in [6.45, 7) is -0.0820. The van der Waals surface area contributed by atoms with E-state index in [4.69, 9.17) is 0 Å². The van der Waals surface area contributed by atoms with Crippen molar-refractivity contribution >= 4 is 21.8 Å². The summed E-state index contributed by atoms with van der Waals surface area (Å²) >= 11 is 0. The topological polar surface area (TPSA) is 84.5 Å². The largest absolute Gasteiger partial charge is 0.440 e. The molecular formula is C11H13F3N2O4S. The van der Waals surface area contributed by atoms with E-state index in [1.807, 2.05) is 5.32 Å². The van der Waals surface area contributed by atoms with Crippen molar-refractivity contribution in [2.24, 2.45) is 0 Å². The van der Waals surface area contributed by atoms with Crippen molar-refractivity contribution < 1.29 is 31.1 Å². The fourth-order valence-corrected chi connectivity index (χ4v) is 2.57. The zero-order valence-electron chi connectivity index (χ0n) is 10.9. The number of hydrogen-bond acceptors (Lipinski definition) is 4. The molecule has 21 heavy (non-hydrogen) atoms. The lowest BCUT2D eigenvalue weighted by Crippen LogP contribution is -2.26. The normalized spacial score (nSPS) is 12.0. The number of nitrogens with one attached hydrogen (secondary N) is 2. The van der Waals surface area contributed by atoms with Crippen LogP contribution in [0, 0.1) is 0 Å². The molecule has 0 unspecified atom stereocenters. The second-order valence-corrected chi connectivity index (χ2v) is 5.55. The summed E-state index contributed by atoms with van der Waals surface area (Å²) in [5.41, 5.74) is -0.175. The summed E-state index contributed by atoms with van der Waals surface area (Å²) in [6, 6.07) is 5.28. The van der Waals surface area contributed by atoms with Gasteiger partial charge in [0.05, 0.1) is 5.69 Å². The van der Waals surface area contributed by atoms with Crippen LogP contribution in [0.25, 0.3) is 0 Å². The monoisotopic (exact) mass is 326 g/mol. The first-order valence-corrected chi connectivity index (χ1v) is 7.23. The lowest BCUT2D eigenvalue weighted by Gasteiger charge is -2.12. The van der Waals surface area contributed by atoms with Crippen molar-refractivity contribution in [2.45, 2.75) is 18.0 Å². The molecular weight excluding hydrogens is 313 g/mol. The minimum atomic E-state index is -4.66. The molecule has 0 spiro atoms. The van der Waals surface area contributed by atoms with Gasteiger partial charge in [-0.25, -0.2) is 17.9 Å². The van der Waals surface area contributed by atoms with Crippen LogP contribution in [-0.4, -0.2) is 33.8 Å². The Morgan fingerprint density at radius 2 is 1.90 bits per heavy atom. The van der Waals surface area contributed by atoms with Crippen molar-refractivity contribution in [3.63, 3.8) is 0 Å². The van der Waals surface area contributed by atoms with Gasteiger partial charge in [-0.15, -0.1) is 0 Å². The fourth-order valence-electron chi connectivity index (χ4n) is 1.37. The van der Waals surface area contributed by atoms with Crippen LogP contribution in [-0.2, 0) is 14.8 Å². The van der Waals surface area contributed by atoms with E-state index in [0.717, 1.165) is 0 Å². The highest BCUT2D eigenvalue weighted by atomic mass is 32.2. The Balaban J connectivity index is 2.88. The third kappa shape index (κ3) is 5.60. The molecule has 1 amide bonds. The van der Waals surface area contributed by atoms with Crippen LogP contribution in [0.2, 0.25) is 0 Å². The van der Waals surface area contributed by atoms with Gasteiger partial charge in [-0.2, -0.15) is 13.2 Å². The molecule has 2 N–H and O–H groups in total. The quantitative estimate of drug-likeness (QED) is 0.868. The Kier molecular flexibility index (Phi) is 5.55. The molecule has 0 saturated carbocycles. The number of sulfonamides is 1. The second kappa shape index (κ2) is 6.76. The number of carbonyl (C=O) groups is 1. The van der Waals surface area contributed by atoms with Crippen molar-refractivity contribution in [1.29, 1.82) is 0 Å². The maximum Gasteiger partial charge on any atom is 0.422 e. The van der Waals surface area contributed by atoms with E-state index >= 15 is 0 Å². The smallest absolute Gasteiger partial charge is 0.422 e. The van der Waals surface area contributed by atoms with Crippen molar-refractivity contribution in [2.75, 3.05) is 18.5 Å². The molecule has 0 aliphatic heterocycles. The number of carbonyl (C=O) groups excluding carboxylic acids is 1. The minimum absolute atomic E-state index is 0.120. The summed E-state index contributed by atoms with van der Waals surface area (Å²) < 4.78 is 65.6.